The summed E-state index contributed by atoms with van der Waals surface area (Å²) in [6.07, 6.45) is 7.30. The molecule has 3 heteroatoms. The summed E-state index contributed by atoms with van der Waals surface area (Å²) in [5.74, 6) is 1.55. The average molecular weight is 238 g/mol. The van der Waals surface area contributed by atoms with E-state index in [1.54, 1.807) is 0 Å². The summed E-state index contributed by atoms with van der Waals surface area (Å²) in [6.45, 7) is 5.48. The molecule has 98 valence electrons. The van der Waals surface area contributed by atoms with E-state index in [1.807, 2.05) is 0 Å². The molecule has 1 amide bonds. The van der Waals surface area contributed by atoms with Crippen molar-refractivity contribution in [3.05, 3.63) is 0 Å². The van der Waals surface area contributed by atoms with Crippen molar-refractivity contribution in [1.29, 1.82) is 0 Å². The maximum absolute atomic E-state index is 12.1. The number of amides is 1. The molecule has 0 aromatic rings. The molecule has 2 rings (SSSR count). The van der Waals surface area contributed by atoms with Gasteiger partial charge >= 0.3 is 0 Å². The third-order valence-corrected chi connectivity index (χ3v) is 4.42. The molecule has 0 aromatic carbocycles. The first-order valence-corrected chi connectivity index (χ1v) is 7.20. The van der Waals surface area contributed by atoms with Crippen molar-refractivity contribution in [1.82, 2.24) is 10.6 Å². The molecular formula is C14H26N2O. The Bertz CT molecular complexity index is 267. The van der Waals surface area contributed by atoms with Gasteiger partial charge in [0.1, 0.15) is 0 Å². The summed E-state index contributed by atoms with van der Waals surface area (Å²) >= 11 is 0. The van der Waals surface area contributed by atoms with Gasteiger partial charge in [-0.05, 0) is 44.1 Å². The van der Waals surface area contributed by atoms with Crippen molar-refractivity contribution in [2.45, 2.75) is 64.5 Å². The van der Waals surface area contributed by atoms with Crippen LogP contribution >= 0.6 is 0 Å². The smallest absolute Gasteiger partial charge is 0.237 e. The highest BCUT2D eigenvalue weighted by atomic mass is 16.2. The lowest BCUT2D eigenvalue weighted by Crippen LogP contribution is -2.47. The standard InChI is InChI=1S/C14H26N2O/c1-10-4-3-5-12(7-6-10)16-14(17)13-11(2)8-9-15-13/h10-13,15H,3-9H2,1-2H3,(H,16,17). The Labute approximate surface area is 105 Å². The number of hydrogen-bond donors (Lipinski definition) is 2. The van der Waals surface area contributed by atoms with Crippen LogP contribution in [0.15, 0.2) is 0 Å². The molecule has 1 heterocycles. The zero-order valence-corrected chi connectivity index (χ0v) is 11.2. The highest BCUT2D eigenvalue weighted by Gasteiger charge is 2.30. The molecule has 0 aromatic heterocycles. The van der Waals surface area contributed by atoms with Gasteiger partial charge in [-0.15, -0.1) is 0 Å². The Morgan fingerprint density at radius 2 is 1.94 bits per heavy atom. The monoisotopic (exact) mass is 238 g/mol. The van der Waals surface area contributed by atoms with Gasteiger partial charge < -0.3 is 10.6 Å². The van der Waals surface area contributed by atoms with E-state index in [1.165, 1.54) is 19.3 Å². The lowest BCUT2D eigenvalue weighted by atomic mass is 10.0. The number of nitrogens with one attached hydrogen (secondary N) is 2. The second-order valence-corrected chi connectivity index (χ2v) is 6.02. The summed E-state index contributed by atoms with van der Waals surface area (Å²) in [4.78, 5) is 12.1. The first-order chi connectivity index (χ1) is 8.16. The van der Waals surface area contributed by atoms with E-state index in [0.29, 0.717) is 12.0 Å². The van der Waals surface area contributed by atoms with Crippen LogP contribution in [0.1, 0.15) is 52.4 Å². The summed E-state index contributed by atoms with van der Waals surface area (Å²) < 4.78 is 0. The van der Waals surface area contributed by atoms with Gasteiger partial charge in [0.15, 0.2) is 0 Å². The second kappa shape index (κ2) is 5.85. The minimum Gasteiger partial charge on any atom is -0.352 e. The van der Waals surface area contributed by atoms with E-state index in [0.717, 1.165) is 31.7 Å². The fourth-order valence-corrected chi connectivity index (χ4v) is 3.11. The third kappa shape index (κ3) is 3.44. The van der Waals surface area contributed by atoms with Gasteiger partial charge in [0.05, 0.1) is 6.04 Å². The largest absolute Gasteiger partial charge is 0.352 e. The molecule has 2 aliphatic rings. The molecule has 1 aliphatic heterocycles. The highest BCUT2D eigenvalue weighted by Crippen LogP contribution is 2.23. The van der Waals surface area contributed by atoms with Crippen LogP contribution in [0.2, 0.25) is 0 Å². The van der Waals surface area contributed by atoms with Crippen LogP contribution in [-0.2, 0) is 4.79 Å². The molecule has 0 spiro atoms. The SMILES string of the molecule is CC1CCCC(NC(=O)C2NCCC2C)CC1. The quantitative estimate of drug-likeness (QED) is 0.723. The zero-order chi connectivity index (χ0) is 12.3. The van der Waals surface area contributed by atoms with Gasteiger partial charge in [0.2, 0.25) is 5.91 Å². The van der Waals surface area contributed by atoms with Crippen molar-refractivity contribution < 1.29 is 4.79 Å². The van der Waals surface area contributed by atoms with E-state index in [-0.39, 0.29) is 11.9 Å². The summed E-state index contributed by atoms with van der Waals surface area (Å²) in [7, 11) is 0. The van der Waals surface area contributed by atoms with E-state index >= 15 is 0 Å². The van der Waals surface area contributed by atoms with Crippen molar-refractivity contribution >= 4 is 5.91 Å². The Hall–Kier alpha value is -0.570. The topological polar surface area (TPSA) is 41.1 Å². The maximum Gasteiger partial charge on any atom is 0.237 e. The molecule has 4 atom stereocenters. The first-order valence-electron chi connectivity index (χ1n) is 7.20. The Morgan fingerprint density at radius 1 is 1.12 bits per heavy atom. The van der Waals surface area contributed by atoms with Gasteiger partial charge in [-0.25, -0.2) is 0 Å². The van der Waals surface area contributed by atoms with Gasteiger partial charge in [0.25, 0.3) is 0 Å². The zero-order valence-electron chi connectivity index (χ0n) is 11.2. The third-order valence-electron chi connectivity index (χ3n) is 4.42. The number of rotatable bonds is 2. The minimum absolute atomic E-state index is 0.0516. The van der Waals surface area contributed by atoms with E-state index in [9.17, 15) is 4.79 Å². The number of hydrogen-bond acceptors (Lipinski definition) is 2. The summed E-state index contributed by atoms with van der Waals surface area (Å²) in [5.41, 5.74) is 0. The Kier molecular flexibility index (Phi) is 4.43. The van der Waals surface area contributed by atoms with E-state index in [4.69, 9.17) is 0 Å². The van der Waals surface area contributed by atoms with Crippen LogP contribution in [0.4, 0.5) is 0 Å². The lowest BCUT2D eigenvalue weighted by Gasteiger charge is -2.21. The predicted octanol–water partition coefficient (Wildman–Crippen LogP) is 2.07. The predicted molar refractivity (Wildman–Crippen MR) is 69.8 cm³/mol. The number of carbonyl (C=O) groups is 1. The van der Waals surface area contributed by atoms with Crippen LogP contribution in [0.5, 0.6) is 0 Å². The molecular weight excluding hydrogens is 212 g/mol. The van der Waals surface area contributed by atoms with Crippen molar-refractivity contribution in [3.8, 4) is 0 Å². The lowest BCUT2D eigenvalue weighted by molar-refractivity contribution is -0.124. The van der Waals surface area contributed by atoms with Crippen molar-refractivity contribution in [2.75, 3.05) is 6.54 Å². The Morgan fingerprint density at radius 3 is 2.65 bits per heavy atom. The van der Waals surface area contributed by atoms with Gasteiger partial charge in [-0.3, -0.25) is 4.79 Å². The van der Waals surface area contributed by atoms with Crippen molar-refractivity contribution in [2.24, 2.45) is 11.8 Å². The molecule has 0 radical (unpaired) electrons. The highest BCUT2D eigenvalue weighted by molar-refractivity contribution is 5.82. The molecule has 3 nitrogen and oxygen atoms in total. The van der Waals surface area contributed by atoms with E-state index < -0.39 is 0 Å². The summed E-state index contributed by atoms with van der Waals surface area (Å²) in [6, 6.07) is 0.470. The van der Waals surface area contributed by atoms with Gasteiger partial charge in [-0.2, -0.15) is 0 Å². The van der Waals surface area contributed by atoms with Crippen LogP contribution in [-0.4, -0.2) is 24.5 Å². The first kappa shape index (κ1) is 12.9. The molecule has 1 saturated heterocycles. The minimum atomic E-state index is 0.0516. The fourth-order valence-electron chi connectivity index (χ4n) is 3.11. The molecule has 2 N–H and O–H groups in total. The molecule has 0 bridgehead atoms. The Balaban J connectivity index is 1.81. The van der Waals surface area contributed by atoms with Gasteiger partial charge in [0, 0.05) is 6.04 Å². The summed E-state index contributed by atoms with van der Waals surface area (Å²) in [5, 5.41) is 6.56. The van der Waals surface area contributed by atoms with E-state index in [2.05, 4.69) is 24.5 Å². The van der Waals surface area contributed by atoms with Gasteiger partial charge in [-0.1, -0.05) is 26.7 Å². The number of carbonyl (C=O) groups excluding carboxylic acids is 1. The van der Waals surface area contributed by atoms with Crippen LogP contribution in [0, 0.1) is 11.8 Å². The molecule has 17 heavy (non-hydrogen) atoms. The molecule has 1 saturated carbocycles. The second-order valence-electron chi connectivity index (χ2n) is 6.02. The maximum atomic E-state index is 12.1. The normalized spacial score (nSPS) is 38.7. The van der Waals surface area contributed by atoms with Crippen LogP contribution in [0.25, 0.3) is 0 Å². The average Bonchev–Trinajstić information content (AvgIpc) is 2.61. The molecule has 1 aliphatic carbocycles. The van der Waals surface area contributed by atoms with Crippen LogP contribution in [0.3, 0.4) is 0 Å². The van der Waals surface area contributed by atoms with Crippen molar-refractivity contribution in [3.63, 3.8) is 0 Å². The fraction of sp³-hybridized carbons (Fsp3) is 0.929. The van der Waals surface area contributed by atoms with Crippen LogP contribution < -0.4 is 10.6 Å². The molecule has 2 fully saturated rings. The molecule has 4 unspecified atom stereocenters.